The number of aromatic nitrogens is 1. The molecule has 1 heterocycles. The number of nitrogens with zero attached hydrogens (tertiary/aromatic N) is 1. The van der Waals surface area contributed by atoms with Gasteiger partial charge in [0.05, 0.1) is 0 Å². The zero-order chi connectivity index (χ0) is 12.3. The fourth-order valence-corrected chi connectivity index (χ4v) is 1.93. The summed E-state index contributed by atoms with van der Waals surface area (Å²) in [6, 6.07) is 7.48. The van der Waals surface area contributed by atoms with Crippen LogP contribution >= 0.6 is 15.9 Å². The fourth-order valence-electron chi connectivity index (χ4n) is 1.52. The molecule has 0 fully saturated rings. The van der Waals surface area contributed by atoms with Gasteiger partial charge in [-0.1, -0.05) is 0 Å². The lowest BCUT2D eigenvalue weighted by atomic mass is 10.2. The Bertz CT molecular complexity index is 529. The normalized spacial score (nSPS) is 10.2. The summed E-state index contributed by atoms with van der Waals surface area (Å²) in [6.07, 6.45) is 3.58. The van der Waals surface area contributed by atoms with Crippen molar-refractivity contribution in [2.75, 3.05) is 5.32 Å². The Kier molecular flexibility index (Phi) is 3.64. The minimum atomic E-state index is 0.319. The first kappa shape index (κ1) is 11.9. The minimum absolute atomic E-state index is 0.319. The molecule has 0 spiro atoms. The van der Waals surface area contributed by atoms with Gasteiger partial charge in [0.15, 0.2) is 0 Å². The SMILES string of the molecule is Cc1cc(NCc2cncc(Br)c2)ccc1O. The van der Waals surface area contributed by atoms with Crippen molar-refractivity contribution in [1.82, 2.24) is 4.98 Å². The van der Waals surface area contributed by atoms with Crippen LogP contribution in [0.2, 0.25) is 0 Å². The van der Waals surface area contributed by atoms with Crippen LogP contribution in [0.15, 0.2) is 41.1 Å². The molecule has 0 radical (unpaired) electrons. The Hall–Kier alpha value is -1.55. The molecule has 0 saturated carbocycles. The summed E-state index contributed by atoms with van der Waals surface area (Å²) in [5.41, 5.74) is 2.95. The second-order valence-electron chi connectivity index (χ2n) is 3.87. The second kappa shape index (κ2) is 5.19. The molecular formula is C13H13BrN2O. The number of phenolic OH excluding ortho intramolecular Hbond substituents is 1. The van der Waals surface area contributed by atoms with Crippen molar-refractivity contribution in [2.45, 2.75) is 13.5 Å². The highest BCUT2D eigenvalue weighted by molar-refractivity contribution is 9.10. The topological polar surface area (TPSA) is 45.2 Å². The summed E-state index contributed by atoms with van der Waals surface area (Å²) in [7, 11) is 0. The van der Waals surface area contributed by atoms with Gasteiger partial charge >= 0.3 is 0 Å². The van der Waals surface area contributed by atoms with Gasteiger partial charge in [0.25, 0.3) is 0 Å². The lowest BCUT2D eigenvalue weighted by molar-refractivity contribution is 0.471. The molecule has 0 atom stereocenters. The van der Waals surface area contributed by atoms with E-state index < -0.39 is 0 Å². The van der Waals surface area contributed by atoms with E-state index in [0.717, 1.165) is 21.3 Å². The molecule has 0 amide bonds. The molecule has 0 aliphatic rings. The van der Waals surface area contributed by atoms with Gasteiger partial charge in [-0.15, -0.1) is 0 Å². The second-order valence-corrected chi connectivity index (χ2v) is 4.78. The van der Waals surface area contributed by atoms with Crippen LogP contribution in [-0.4, -0.2) is 10.1 Å². The molecule has 2 N–H and O–H groups in total. The number of aryl methyl sites for hydroxylation is 1. The van der Waals surface area contributed by atoms with Gasteiger partial charge < -0.3 is 10.4 Å². The Balaban J connectivity index is 2.05. The molecule has 0 unspecified atom stereocenters. The van der Waals surface area contributed by atoms with Crippen LogP contribution in [0, 0.1) is 6.92 Å². The summed E-state index contributed by atoms with van der Waals surface area (Å²) in [5.74, 6) is 0.319. The molecule has 0 aliphatic heterocycles. The van der Waals surface area contributed by atoms with Crippen molar-refractivity contribution < 1.29 is 5.11 Å². The Labute approximate surface area is 109 Å². The predicted molar refractivity (Wildman–Crippen MR) is 72.1 cm³/mol. The Morgan fingerprint density at radius 3 is 2.82 bits per heavy atom. The van der Waals surface area contributed by atoms with Crippen molar-refractivity contribution >= 4 is 21.6 Å². The molecule has 3 nitrogen and oxygen atoms in total. The summed E-state index contributed by atoms with van der Waals surface area (Å²) >= 11 is 3.39. The van der Waals surface area contributed by atoms with Crippen LogP contribution in [0.4, 0.5) is 5.69 Å². The van der Waals surface area contributed by atoms with Crippen molar-refractivity contribution in [2.24, 2.45) is 0 Å². The first-order valence-electron chi connectivity index (χ1n) is 5.28. The molecule has 88 valence electrons. The first-order chi connectivity index (χ1) is 8.15. The van der Waals surface area contributed by atoms with Crippen LogP contribution < -0.4 is 5.32 Å². The number of phenols is 1. The van der Waals surface area contributed by atoms with Crippen LogP contribution in [0.1, 0.15) is 11.1 Å². The van der Waals surface area contributed by atoms with Gasteiger partial charge in [-0.05, 0) is 58.2 Å². The number of benzene rings is 1. The van der Waals surface area contributed by atoms with Crippen LogP contribution in [0.25, 0.3) is 0 Å². The van der Waals surface area contributed by atoms with Crippen LogP contribution in [-0.2, 0) is 6.54 Å². The molecule has 2 rings (SSSR count). The smallest absolute Gasteiger partial charge is 0.118 e. The van der Waals surface area contributed by atoms with Crippen LogP contribution in [0.5, 0.6) is 5.75 Å². The third kappa shape index (κ3) is 3.20. The number of rotatable bonds is 3. The van der Waals surface area contributed by atoms with Crippen molar-refractivity contribution in [3.05, 3.63) is 52.3 Å². The first-order valence-corrected chi connectivity index (χ1v) is 6.07. The largest absolute Gasteiger partial charge is 0.508 e. The Morgan fingerprint density at radius 1 is 1.29 bits per heavy atom. The van der Waals surface area contributed by atoms with E-state index in [2.05, 4.69) is 26.2 Å². The van der Waals surface area contributed by atoms with E-state index in [1.165, 1.54) is 0 Å². The molecule has 4 heteroatoms. The third-order valence-corrected chi connectivity index (χ3v) is 2.89. The number of hydrogen-bond acceptors (Lipinski definition) is 3. The van der Waals surface area contributed by atoms with Gasteiger partial charge in [-0.25, -0.2) is 0 Å². The molecule has 0 aliphatic carbocycles. The molecule has 1 aromatic heterocycles. The standard InChI is InChI=1S/C13H13BrN2O/c1-9-4-12(2-3-13(9)17)16-7-10-5-11(14)8-15-6-10/h2-6,8,16-17H,7H2,1H3. The summed E-state index contributed by atoms with van der Waals surface area (Å²) in [6.45, 7) is 2.58. The molecule has 1 aromatic carbocycles. The predicted octanol–water partition coefficient (Wildman–Crippen LogP) is 3.47. The van der Waals surface area contributed by atoms with E-state index in [9.17, 15) is 5.11 Å². The van der Waals surface area contributed by atoms with E-state index in [1.54, 1.807) is 12.3 Å². The van der Waals surface area contributed by atoms with Gasteiger partial charge in [0, 0.05) is 29.1 Å². The van der Waals surface area contributed by atoms with E-state index >= 15 is 0 Å². The van der Waals surface area contributed by atoms with E-state index in [0.29, 0.717) is 12.3 Å². The lowest BCUT2D eigenvalue weighted by Crippen LogP contribution is -1.99. The summed E-state index contributed by atoms with van der Waals surface area (Å²) in [4.78, 5) is 4.10. The molecule has 2 aromatic rings. The summed E-state index contributed by atoms with van der Waals surface area (Å²) in [5, 5.41) is 12.7. The maximum absolute atomic E-state index is 9.42. The average molecular weight is 293 g/mol. The fraction of sp³-hybridized carbons (Fsp3) is 0.154. The van der Waals surface area contributed by atoms with Crippen molar-refractivity contribution in [3.63, 3.8) is 0 Å². The van der Waals surface area contributed by atoms with E-state index in [4.69, 9.17) is 0 Å². The quantitative estimate of drug-likeness (QED) is 0.852. The van der Waals surface area contributed by atoms with E-state index in [-0.39, 0.29) is 0 Å². The van der Waals surface area contributed by atoms with Gasteiger partial charge in [-0.3, -0.25) is 4.98 Å². The number of pyridine rings is 1. The van der Waals surface area contributed by atoms with Gasteiger partial charge in [0.2, 0.25) is 0 Å². The zero-order valence-electron chi connectivity index (χ0n) is 9.44. The molecule has 0 bridgehead atoms. The van der Waals surface area contributed by atoms with Crippen molar-refractivity contribution in [1.29, 1.82) is 0 Å². The highest BCUT2D eigenvalue weighted by atomic mass is 79.9. The monoisotopic (exact) mass is 292 g/mol. The zero-order valence-corrected chi connectivity index (χ0v) is 11.0. The maximum atomic E-state index is 9.42. The number of aromatic hydroxyl groups is 1. The van der Waals surface area contributed by atoms with Crippen molar-refractivity contribution in [3.8, 4) is 5.75 Å². The molecule has 0 saturated heterocycles. The summed E-state index contributed by atoms with van der Waals surface area (Å²) < 4.78 is 0.971. The van der Waals surface area contributed by atoms with E-state index in [1.807, 2.05) is 31.3 Å². The molecule has 17 heavy (non-hydrogen) atoms. The lowest BCUT2D eigenvalue weighted by Gasteiger charge is -2.08. The average Bonchev–Trinajstić information content (AvgIpc) is 2.31. The molecular weight excluding hydrogens is 280 g/mol. The van der Waals surface area contributed by atoms with Gasteiger partial charge in [0.1, 0.15) is 5.75 Å². The maximum Gasteiger partial charge on any atom is 0.118 e. The van der Waals surface area contributed by atoms with Crippen LogP contribution in [0.3, 0.4) is 0 Å². The highest BCUT2D eigenvalue weighted by Crippen LogP contribution is 2.20. The van der Waals surface area contributed by atoms with Gasteiger partial charge in [-0.2, -0.15) is 0 Å². The third-order valence-electron chi connectivity index (χ3n) is 2.45. The number of anilines is 1. The number of halogens is 1. The Morgan fingerprint density at radius 2 is 2.12 bits per heavy atom. The minimum Gasteiger partial charge on any atom is -0.508 e. The number of hydrogen-bond donors (Lipinski definition) is 2. The highest BCUT2D eigenvalue weighted by Gasteiger charge is 1.99. The number of nitrogens with one attached hydrogen (secondary N) is 1.